The van der Waals surface area contributed by atoms with Crippen LogP contribution < -0.4 is 5.32 Å². The van der Waals surface area contributed by atoms with Gasteiger partial charge >= 0.3 is 0 Å². The summed E-state index contributed by atoms with van der Waals surface area (Å²) in [5.74, 6) is 0.880. The first kappa shape index (κ1) is 17.1. The van der Waals surface area contributed by atoms with E-state index in [4.69, 9.17) is 0 Å². The average molecular weight is 336 g/mol. The van der Waals surface area contributed by atoms with Crippen molar-refractivity contribution in [2.75, 3.05) is 6.54 Å². The van der Waals surface area contributed by atoms with Crippen molar-refractivity contribution < 1.29 is 4.79 Å². The van der Waals surface area contributed by atoms with Crippen molar-refractivity contribution in [2.24, 2.45) is 0 Å². The maximum absolute atomic E-state index is 12.2. The van der Waals surface area contributed by atoms with Gasteiger partial charge in [-0.3, -0.25) is 9.20 Å². The van der Waals surface area contributed by atoms with E-state index in [0.717, 1.165) is 24.3 Å². The number of fused-ring (bicyclic) bond motifs is 1. The quantitative estimate of drug-likeness (QED) is 0.727. The normalized spacial score (nSPS) is 11.6. The van der Waals surface area contributed by atoms with Gasteiger partial charge in [0.05, 0.1) is 0 Å². The summed E-state index contributed by atoms with van der Waals surface area (Å²) in [6.07, 6.45) is 3.55. The van der Waals surface area contributed by atoms with Crippen LogP contribution in [0.4, 0.5) is 0 Å². The predicted octanol–water partition coefficient (Wildman–Crippen LogP) is 3.39. The average Bonchev–Trinajstić information content (AvgIpc) is 3.01. The van der Waals surface area contributed by atoms with Crippen molar-refractivity contribution in [1.82, 2.24) is 19.9 Å². The van der Waals surface area contributed by atoms with Gasteiger partial charge in [-0.25, -0.2) is 0 Å². The summed E-state index contributed by atoms with van der Waals surface area (Å²) in [5, 5.41) is 11.3. The highest BCUT2D eigenvalue weighted by Gasteiger charge is 2.14. The van der Waals surface area contributed by atoms with Crippen LogP contribution in [0.2, 0.25) is 0 Å². The first-order valence-electron chi connectivity index (χ1n) is 8.62. The number of hydrogen-bond donors (Lipinski definition) is 1. The molecule has 25 heavy (non-hydrogen) atoms. The van der Waals surface area contributed by atoms with Gasteiger partial charge in [0, 0.05) is 24.7 Å². The van der Waals surface area contributed by atoms with E-state index >= 15 is 0 Å². The standard InChI is InChI=1S/C20H24N4O/c1-20(2,3)16-11-9-15(10-12-16)19(25)21-13-6-8-18-23-22-17-7-4-5-14-24(17)18/h4-5,7,9-12,14H,6,8,13H2,1-3H3,(H,21,25). The molecule has 0 aliphatic rings. The maximum Gasteiger partial charge on any atom is 0.251 e. The number of aryl methyl sites for hydroxylation is 1. The molecule has 0 atom stereocenters. The van der Waals surface area contributed by atoms with E-state index in [0.29, 0.717) is 12.1 Å². The van der Waals surface area contributed by atoms with Crippen molar-refractivity contribution in [3.63, 3.8) is 0 Å². The number of rotatable bonds is 5. The SMILES string of the molecule is CC(C)(C)c1ccc(C(=O)NCCCc2nnc3ccccn23)cc1. The van der Waals surface area contributed by atoms with Crippen LogP contribution in [0.1, 0.15) is 48.9 Å². The number of pyridine rings is 1. The monoisotopic (exact) mass is 336 g/mol. The molecule has 2 aromatic heterocycles. The number of hydrogen-bond acceptors (Lipinski definition) is 3. The minimum atomic E-state index is -0.0356. The smallest absolute Gasteiger partial charge is 0.251 e. The Kier molecular flexibility index (Phi) is 4.83. The van der Waals surface area contributed by atoms with Gasteiger partial charge in [-0.2, -0.15) is 0 Å². The largest absolute Gasteiger partial charge is 0.352 e. The molecule has 0 spiro atoms. The zero-order valence-corrected chi connectivity index (χ0v) is 15.0. The van der Waals surface area contributed by atoms with Crippen molar-refractivity contribution in [1.29, 1.82) is 0 Å². The van der Waals surface area contributed by atoms with Crippen molar-refractivity contribution in [3.05, 3.63) is 65.6 Å². The van der Waals surface area contributed by atoms with Crippen LogP contribution in [0.15, 0.2) is 48.7 Å². The van der Waals surface area contributed by atoms with E-state index in [9.17, 15) is 4.79 Å². The number of carbonyl (C=O) groups excluding carboxylic acids is 1. The third-order valence-corrected chi connectivity index (χ3v) is 4.26. The summed E-state index contributed by atoms with van der Waals surface area (Å²) in [5.41, 5.74) is 2.86. The molecule has 0 aliphatic heterocycles. The molecule has 1 N–H and O–H groups in total. The molecule has 5 nitrogen and oxygen atoms in total. The topological polar surface area (TPSA) is 59.3 Å². The number of benzene rings is 1. The molecular formula is C20H24N4O. The number of amides is 1. The Balaban J connectivity index is 1.51. The van der Waals surface area contributed by atoms with Crippen molar-refractivity contribution in [2.45, 2.75) is 39.0 Å². The highest BCUT2D eigenvalue weighted by Crippen LogP contribution is 2.22. The lowest BCUT2D eigenvalue weighted by Gasteiger charge is -2.19. The molecule has 0 unspecified atom stereocenters. The molecule has 5 heteroatoms. The van der Waals surface area contributed by atoms with Gasteiger partial charge in [-0.1, -0.05) is 39.0 Å². The number of nitrogens with one attached hydrogen (secondary N) is 1. The molecule has 130 valence electrons. The molecule has 3 aromatic rings. The van der Waals surface area contributed by atoms with Crippen LogP contribution in [-0.2, 0) is 11.8 Å². The Morgan fingerprint density at radius 1 is 1.08 bits per heavy atom. The predicted molar refractivity (Wildman–Crippen MR) is 98.8 cm³/mol. The van der Waals surface area contributed by atoms with Crippen molar-refractivity contribution >= 4 is 11.6 Å². The van der Waals surface area contributed by atoms with Gasteiger partial charge in [-0.05, 0) is 41.7 Å². The fourth-order valence-corrected chi connectivity index (χ4v) is 2.73. The minimum absolute atomic E-state index is 0.0356. The van der Waals surface area contributed by atoms with Crippen LogP contribution in [0.3, 0.4) is 0 Å². The van der Waals surface area contributed by atoms with E-state index in [1.807, 2.05) is 53.1 Å². The summed E-state index contributed by atoms with van der Waals surface area (Å²) >= 11 is 0. The lowest BCUT2D eigenvalue weighted by molar-refractivity contribution is 0.0953. The van der Waals surface area contributed by atoms with E-state index < -0.39 is 0 Å². The molecule has 0 bridgehead atoms. The summed E-state index contributed by atoms with van der Waals surface area (Å²) in [4.78, 5) is 12.2. The first-order chi connectivity index (χ1) is 11.9. The lowest BCUT2D eigenvalue weighted by atomic mass is 9.87. The highest BCUT2D eigenvalue weighted by molar-refractivity contribution is 5.94. The van der Waals surface area contributed by atoms with Crippen LogP contribution in [0, 0.1) is 0 Å². The molecule has 1 amide bonds. The molecule has 0 saturated carbocycles. The number of carbonyl (C=O) groups is 1. The molecule has 0 radical (unpaired) electrons. The van der Waals surface area contributed by atoms with Gasteiger partial charge in [0.15, 0.2) is 5.65 Å². The summed E-state index contributed by atoms with van der Waals surface area (Å²) in [7, 11) is 0. The van der Waals surface area contributed by atoms with Crippen LogP contribution >= 0.6 is 0 Å². The Labute approximate surface area is 148 Å². The van der Waals surface area contributed by atoms with Gasteiger partial charge in [0.1, 0.15) is 5.82 Å². The Bertz CT molecular complexity index is 859. The highest BCUT2D eigenvalue weighted by atomic mass is 16.1. The molecule has 0 fully saturated rings. The van der Waals surface area contributed by atoms with E-state index in [-0.39, 0.29) is 11.3 Å². The van der Waals surface area contributed by atoms with Crippen LogP contribution in [-0.4, -0.2) is 27.0 Å². The second kappa shape index (κ2) is 7.05. The number of nitrogens with zero attached hydrogens (tertiary/aromatic N) is 3. The summed E-state index contributed by atoms with van der Waals surface area (Å²) in [6.45, 7) is 7.10. The third kappa shape index (κ3) is 4.05. The fraction of sp³-hybridized carbons (Fsp3) is 0.350. The van der Waals surface area contributed by atoms with Gasteiger partial charge in [0.2, 0.25) is 0 Å². The first-order valence-corrected chi connectivity index (χ1v) is 8.62. The molecule has 0 aliphatic carbocycles. The maximum atomic E-state index is 12.2. The minimum Gasteiger partial charge on any atom is -0.352 e. The van der Waals surface area contributed by atoms with Crippen LogP contribution in [0.25, 0.3) is 5.65 Å². The van der Waals surface area contributed by atoms with Gasteiger partial charge in [-0.15, -0.1) is 10.2 Å². The zero-order valence-electron chi connectivity index (χ0n) is 15.0. The Hall–Kier alpha value is -2.69. The molecular weight excluding hydrogens is 312 g/mol. The fourth-order valence-electron chi connectivity index (χ4n) is 2.73. The molecule has 3 rings (SSSR count). The summed E-state index contributed by atoms with van der Waals surface area (Å²) in [6, 6.07) is 13.7. The van der Waals surface area contributed by atoms with Gasteiger partial charge < -0.3 is 5.32 Å². The Morgan fingerprint density at radius 3 is 2.56 bits per heavy atom. The third-order valence-electron chi connectivity index (χ3n) is 4.26. The van der Waals surface area contributed by atoms with Crippen LogP contribution in [0.5, 0.6) is 0 Å². The number of aromatic nitrogens is 3. The van der Waals surface area contributed by atoms with Crippen molar-refractivity contribution in [3.8, 4) is 0 Å². The second-order valence-corrected chi connectivity index (χ2v) is 7.23. The lowest BCUT2D eigenvalue weighted by Crippen LogP contribution is -2.25. The van der Waals surface area contributed by atoms with E-state index in [1.54, 1.807) is 0 Å². The van der Waals surface area contributed by atoms with E-state index in [1.165, 1.54) is 5.56 Å². The van der Waals surface area contributed by atoms with Gasteiger partial charge in [0.25, 0.3) is 5.91 Å². The Morgan fingerprint density at radius 2 is 1.84 bits per heavy atom. The zero-order chi connectivity index (χ0) is 17.9. The molecule has 0 saturated heterocycles. The summed E-state index contributed by atoms with van der Waals surface area (Å²) < 4.78 is 1.98. The van der Waals surface area contributed by atoms with E-state index in [2.05, 4.69) is 36.3 Å². The molecule has 2 heterocycles. The molecule has 1 aromatic carbocycles. The second-order valence-electron chi connectivity index (χ2n) is 7.23.